The average Bonchev–Trinajstić information content (AvgIpc) is 2.59. The Labute approximate surface area is 156 Å². The van der Waals surface area contributed by atoms with Gasteiger partial charge in [0.15, 0.2) is 0 Å². The van der Waals surface area contributed by atoms with Gasteiger partial charge in [-0.2, -0.15) is 0 Å². The second-order valence-electron chi connectivity index (χ2n) is 5.40. The molecule has 26 heavy (non-hydrogen) atoms. The fourth-order valence-electron chi connectivity index (χ4n) is 2.06. The number of anilines is 1. The summed E-state index contributed by atoms with van der Waals surface area (Å²) in [4.78, 5) is 22.8. The molecule has 2 amide bonds. The van der Waals surface area contributed by atoms with Gasteiger partial charge in [-0.15, -0.1) is 0 Å². The van der Waals surface area contributed by atoms with Crippen LogP contribution in [0.15, 0.2) is 53.4 Å². The Balaban J connectivity index is 1.89. The summed E-state index contributed by atoms with van der Waals surface area (Å²) in [6.45, 7) is 1.15. The Hall–Kier alpha value is -2.42. The first-order chi connectivity index (χ1) is 12.3. The number of benzene rings is 2. The SMILES string of the molecule is CC(=O)Nc1ccc(S(=O)(=O)NCC(=O)NCc2ccccc2Cl)cc1. The predicted octanol–water partition coefficient (Wildman–Crippen LogP) is 1.89. The molecule has 0 saturated heterocycles. The van der Waals surface area contributed by atoms with Gasteiger partial charge in [0.05, 0.1) is 11.4 Å². The zero-order valence-electron chi connectivity index (χ0n) is 14.0. The van der Waals surface area contributed by atoms with Gasteiger partial charge in [0.1, 0.15) is 0 Å². The van der Waals surface area contributed by atoms with Crippen LogP contribution < -0.4 is 15.4 Å². The lowest BCUT2D eigenvalue weighted by molar-refractivity contribution is -0.120. The fourth-order valence-corrected chi connectivity index (χ4v) is 3.25. The van der Waals surface area contributed by atoms with Gasteiger partial charge in [-0.1, -0.05) is 29.8 Å². The average molecular weight is 396 g/mol. The normalized spacial score (nSPS) is 11.0. The van der Waals surface area contributed by atoms with Crippen LogP contribution in [0.25, 0.3) is 0 Å². The maximum Gasteiger partial charge on any atom is 0.241 e. The van der Waals surface area contributed by atoms with Crippen molar-refractivity contribution in [1.82, 2.24) is 10.0 Å². The highest BCUT2D eigenvalue weighted by Gasteiger charge is 2.15. The molecule has 0 saturated carbocycles. The second-order valence-corrected chi connectivity index (χ2v) is 7.57. The molecule has 9 heteroatoms. The highest BCUT2D eigenvalue weighted by Crippen LogP contribution is 2.15. The van der Waals surface area contributed by atoms with Crippen LogP contribution in [0.1, 0.15) is 12.5 Å². The molecule has 0 bridgehead atoms. The van der Waals surface area contributed by atoms with Crippen molar-refractivity contribution in [2.45, 2.75) is 18.4 Å². The van der Waals surface area contributed by atoms with E-state index in [1.807, 2.05) is 0 Å². The zero-order chi connectivity index (χ0) is 19.2. The number of carbonyl (C=O) groups excluding carboxylic acids is 2. The van der Waals surface area contributed by atoms with Crippen LogP contribution in [0.5, 0.6) is 0 Å². The highest BCUT2D eigenvalue weighted by atomic mass is 35.5. The number of hydrogen-bond donors (Lipinski definition) is 3. The molecule has 0 aliphatic rings. The molecule has 0 unspecified atom stereocenters. The molecular formula is C17H18ClN3O4S. The van der Waals surface area contributed by atoms with Gasteiger partial charge in [-0.05, 0) is 35.9 Å². The minimum Gasteiger partial charge on any atom is -0.351 e. The Morgan fingerprint density at radius 1 is 1.04 bits per heavy atom. The molecule has 2 rings (SSSR count). The quantitative estimate of drug-likeness (QED) is 0.665. The monoisotopic (exact) mass is 395 g/mol. The molecule has 0 radical (unpaired) electrons. The Morgan fingerprint density at radius 2 is 1.69 bits per heavy atom. The number of sulfonamides is 1. The van der Waals surface area contributed by atoms with Crippen LogP contribution in [0.2, 0.25) is 5.02 Å². The number of hydrogen-bond acceptors (Lipinski definition) is 4. The first-order valence-electron chi connectivity index (χ1n) is 7.65. The molecule has 0 aromatic heterocycles. The van der Waals surface area contributed by atoms with E-state index < -0.39 is 22.5 Å². The van der Waals surface area contributed by atoms with Gasteiger partial charge in [0, 0.05) is 24.2 Å². The fraction of sp³-hybridized carbons (Fsp3) is 0.176. The third kappa shape index (κ3) is 5.83. The summed E-state index contributed by atoms with van der Waals surface area (Å²) >= 11 is 5.99. The molecule has 138 valence electrons. The van der Waals surface area contributed by atoms with Crippen molar-refractivity contribution in [3.63, 3.8) is 0 Å². The lowest BCUT2D eigenvalue weighted by Gasteiger charge is -2.09. The van der Waals surface area contributed by atoms with Crippen molar-refractivity contribution in [1.29, 1.82) is 0 Å². The smallest absolute Gasteiger partial charge is 0.241 e. The minimum absolute atomic E-state index is 0.00879. The molecule has 0 aliphatic carbocycles. The largest absolute Gasteiger partial charge is 0.351 e. The van der Waals surface area contributed by atoms with E-state index in [2.05, 4.69) is 15.4 Å². The molecule has 7 nitrogen and oxygen atoms in total. The molecule has 0 fully saturated rings. The van der Waals surface area contributed by atoms with E-state index in [1.165, 1.54) is 31.2 Å². The molecule has 0 atom stereocenters. The third-order valence-corrected chi connectivity index (χ3v) is 5.13. The summed E-state index contributed by atoms with van der Waals surface area (Å²) in [6.07, 6.45) is 0. The van der Waals surface area contributed by atoms with Crippen LogP contribution in [0.3, 0.4) is 0 Å². The predicted molar refractivity (Wildman–Crippen MR) is 99.2 cm³/mol. The van der Waals surface area contributed by atoms with E-state index in [4.69, 9.17) is 11.6 Å². The van der Waals surface area contributed by atoms with E-state index in [-0.39, 0.29) is 17.3 Å². The van der Waals surface area contributed by atoms with Gasteiger partial charge in [0.25, 0.3) is 0 Å². The summed E-state index contributed by atoms with van der Waals surface area (Å²) in [7, 11) is -3.84. The highest BCUT2D eigenvalue weighted by molar-refractivity contribution is 7.89. The maximum absolute atomic E-state index is 12.2. The summed E-state index contributed by atoms with van der Waals surface area (Å²) in [5, 5.41) is 5.66. The molecule has 0 spiro atoms. The minimum atomic E-state index is -3.84. The number of amides is 2. The summed E-state index contributed by atoms with van der Waals surface area (Å²) in [6, 6.07) is 12.7. The Kier molecular flexibility index (Phi) is 6.73. The van der Waals surface area contributed by atoms with E-state index in [0.29, 0.717) is 10.7 Å². The molecular weight excluding hydrogens is 378 g/mol. The van der Waals surface area contributed by atoms with Gasteiger partial charge in [0.2, 0.25) is 21.8 Å². The zero-order valence-corrected chi connectivity index (χ0v) is 15.5. The summed E-state index contributed by atoms with van der Waals surface area (Å²) in [5.41, 5.74) is 1.22. The van der Waals surface area contributed by atoms with E-state index in [9.17, 15) is 18.0 Å². The van der Waals surface area contributed by atoms with Crippen LogP contribution >= 0.6 is 11.6 Å². The lowest BCUT2D eigenvalue weighted by Crippen LogP contribution is -2.36. The van der Waals surface area contributed by atoms with Crippen LogP contribution in [0.4, 0.5) is 5.69 Å². The van der Waals surface area contributed by atoms with Crippen molar-refractivity contribution in [2.24, 2.45) is 0 Å². The first kappa shape index (κ1) is 19.9. The van der Waals surface area contributed by atoms with Crippen molar-refractivity contribution < 1.29 is 18.0 Å². The van der Waals surface area contributed by atoms with Crippen molar-refractivity contribution in [3.8, 4) is 0 Å². The van der Waals surface area contributed by atoms with Gasteiger partial charge in [-0.25, -0.2) is 13.1 Å². The molecule has 2 aromatic carbocycles. The molecule has 3 N–H and O–H groups in total. The standard InChI is InChI=1S/C17H18ClN3O4S/c1-12(22)21-14-6-8-15(9-7-14)26(24,25)20-11-17(23)19-10-13-4-2-3-5-16(13)18/h2-9,20H,10-11H2,1H3,(H,19,23)(H,21,22). The van der Waals surface area contributed by atoms with Crippen LogP contribution in [-0.4, -0.2) is 26.8 Å². The van der Waals surface area contributed by atoms with Gasteiger partial charge < -0.3 is 10.6 Å². The van der Waals surface area contributed by atoms with Crippen molar-refractivity contribution in [3.05, 3.63) is 59.1 Å². The van der Waals surface area contributed by atoms with Crippen molar-refractivity contribution >= 4 is 39.1 Å². The van der Waals surface area contributed by atoms with Crippen molar-refractivity contribution in [2.75, 3.05) is 11.9 Å². The number of rotatable bonds is 7. The second kappa shape index (κ2) is 8.79. The van der Waals surface area contributed by atoms with Crippen LogP contribution in [0, 0.1) is 0 Å². The topological polar surface area (TPSA) is 104 Å². The maximum atomic E-state index is 12.2. The number of halogens is 1. The molecule has 0 aliphatic heterocycles. The van der Waals surface area contributed by atoms with E-state index in [1.54, 1.807) is 24.3 Å². The summed E-state index contributed by atoms with van der Waals surface area (Å²) < 4.78 is 26.6. The number of carbonyl (C=O) groups is 2. The van der Waals surface area contributed by atoms with Gasteiger partial charge >= 0.3 is 0 Å². The third-order valence-electron chi connectivity index (χ3n) is 3.34. The first-order valence-corrected chi connectivity index (χ1v) is 9.51. The van der Waals surface area contributed by atoms with E-state index in [0.717, 1.165) is 5.56 Å². The van der Waals surface area contributed by atoms with Gasteiger partial charge in [-0.3, -0.25) is 9.59 Å². The van der Waals surface area contributed by atoms with Crippen LogP contribution in [-0.2, 0) is 26.2 Å². The summed E-state index contributed by atoms with van der Waals surface area (Å²) in [5.74, 6) is -0.739. The van der Waals surface area contributed by atoms with E-state index >= 15 is 0 Å². The molecule has 2 aromatic rings. The lowest BCUT2D eigenvalue weighted by atomic mass is 10.2. The number of nitrogens with one attached hydrogen (secondary N) is 3. The molecule has 0 heterocycles. The Bertz CT molecular complexity index is 898. The Morgan fingerprint density at radius 3 is 2.31 bits per heavy atom.